The molecule has 2 N–H and O–H groups in total. The summed E-state index contributed by atoms with van der Waals surface area (Å²) in [5.74, 6) is 0.391. The van der Waals surface area contributed by atoms with Crippen LogP contribution in [0.5, 0.6) is 5.75 Å². The topological polar surface area (TPSA) is 88.9 Å². The zero-order valence-corrected chi connectivity index (χ0v) is 12.7. The molecule has 0 aliphatic carbocycles. The monoisotopic (exact) mass is 351 g/mol. The number of ether oxygens (including phenoxy) is 1. The van der Waals surface area contributed by atoms with E-state index in [9.17, 15) is 13.2 Å². The van der Waals surface area contributed by atoms with Crippen LogP contribution in [0.3, 0.4) is 0 Å². The molecule has 1 aliphatic rings. The molecular formula is C15H12F3N5O2. The number of H-pyrrole nitrogens is 1. The molecule has 0 bridgehead atoms. The van der Waals surface area contributed by atoms with Gasteiger partial charge in [-0.05, 0) is 24.3 Å². The minimum absolute atomic E-state index is 0.162. The highest BCUT2D eigenvalue weighted by molar-refractivity contribution is 5.55. The Morgan fingerprint density at radius 2 is 2.00 bits per heavy atom. The summed E-state index contributed by atoms with van der Waals surface area (Å²) in [5.41, 5.74) is 2.49. The minimum Gasteiger partial charge on any atom is -0.406 e. The highest BCUT2D eigenvalue weighted by atomic mass is 19.4. The minimum atomic E-state index is -4.72. The molecule has 0 unspecified atom stereocenters. The van der Waals surface area contributed by atoms with Gasteiger partial charge < -0.3 is 14.2 Å². The molecule has 0 spiro atoms. The van der Waals surface area contributed by atoms with Crippen molar-refractivity contribution >= 4 is 0 Å². The Morgan fingerprint density at radius 3 is 2.76 bits per heavy atom. The first-order chi connectivity index (χ1) is 12.0. The summed E-state index contributed by atoms with van der Waals surface area (Å²) in [5, 5.41) is 7.16. The zero-order chi connectivity index (χ0) is 17.4. The van der Waals surface area contributed by atoms with Gasteiger partial charge in [-0.25, -0.2) is 4.98 Å². The summed E-state index contributed by atoms with van der Waals surface area (Å²) in [6, 6.07) is 5.12. The molecule has 1 aliphatic heterocycles. The Kier molecular flexibility index (Phi) is 3.68. The Hall–Kier alpha value is -2.88. The van der Waals surface area contributed by atoms with Crippen molar-refractivity contribution in [1.29, 1.82) is 0 Å². The van der Waals surface area contributed by atoms with Gasteiger partial charge in [-0.1, -0.05) is 5.16 Å². The van der Waals surface area contributed by atoms with E-state index in [0.717, 1.165) is 11.4 Å². The van der Waals surface area contributed by atoms with Crippen molar-refractivity contribution in [2.24, 2.45) is 0 Å². The Labute approximate surface area is 139 Å². The third-order valence-corrected chi connectivity index (χ3v) is 3.82. The first-order valence-electron chi connectivity index (χ1n) is 7.42. The number of benzene rings is 1. The number of alkyl halides is 3. The van der Waals surface area contributed by atoms with Crippen LogP contribution in [-0.2, 0) is 13.0 Å². The van der Waals surface area contributed by atoms with Crippen molar-refractivity contribution in [3.05, 3.63) is 47.9 Å². The molecule has 2 aromatic heterocycles. The number of rotatable bonds is 3. The Morgan fingerprint density at radius 1 is 1.20 bits per heavy atom. The SMILES string of the molecule is FC(F)(F)Oc1ccc(-c2noc([C@@H]3Cc4nc[nH]c4CN3)n2)cc1. The number of halogens is 3. The van der Waals surface area contributed by atoms with E-state index in [2.05, 4.69) is 30.2 Å². The predicted octanol–water partition coefficient (Wildman–Crippen LogP) is 2.75. The van der Waals surface area contributed by atoms with Crippen molar-refractivity contribution in [2.75, 3.05) is 0 Å². The predicted molar refractivity (Wildman–Crippen MR) is 78.3 cm³/mol. The van der Waals surface area contributed by atoms with Crippen LogP contribution in [0.1, 0.15) is 23.3 Å². The number of fused-ring (bicyclic) bond motifs is 1. The van der Waals surface area contributed by atoms with Gasteiger partial charge in [0.15, 0.2) is 0 Å². The Bertz CT molecular complexity index is 872. The van der Waals surface area contributed by atoms with Crippen molar-refractivity contribution in [3.8, 4) is 17.1 Å². The summed E-state index contributed by atoms with van der Waals surface area (Å²) in [4.78, 5) is 11.6. The highest BCUT2D eigenvalue weighted by Gasteiger charge is 2.31. The van der Waals surface area contributed by atoms with Crippen LogP contribution in [0.15, 0.2) is 35.1 Å². The summed E-state index contributed by atoms with van der Waals surface area (Å²) in [7, 11) is 0. The molecule has 10 heteroatoms. The number of aromatic amines is 1. The van der Waals surface area contributed by atoms with E-state index in [-0.39, 0.29) is 11.8 Å². The summed E-state index contributed by atoms with van der Waals surface area (Å²) in [6.07, 6.45) is -2.48. The summed E-state index contributed by atoms with van der Waals surface area (Å²) in [6.45, 7) is 0.612. The smallest absolute Gasteiger partial charge is 0.406 e. The molecule has 0 saturated carbocycles. The van der Waals surface area contributed by atoms with Crippen LogP contribution < -0.4 is 10.1 Å². The quantitative estimate of drug-likeness (QED) is 0.754. The fourth-order valence-electron chi connectivity index (χ4n) is 2.64. The number of hydrogen-bond acceptors (Lipinski definition) is 6. The molecule has 25 heavy (non-hydrogen) atoms. The maximum Gasteiger partial charge on any atom is 0.573 e. The lowest BCUT2D eigenvalue weighted by Gasteiger charge is -2.19. The number of aromatic nitrogens is 4. The van der Waals surface area contributed by atoms with Crippen molar-refractivity contribution in [3.63, 3.8) is 0 Å². The molecule has 0 radical (unpaired) electrons. The standard InChI is InChI=1S/C15H12F3N5O2/c16-15(17,18)24-9-3-1-8(2-4-9)13-22-14(25-23-13)11-5-10-12(6-19-11)21-7-20-10/h1-4,7,11,19H,5-6H2,(H,20,21)/t11-/m0/s1. The second-order valence-electron chi connectivity index (χ2n) is 5.49. The molecule has 3 heterocycles. The lowest BCUT2D eigenvalue weighted by atomic mass is 10.1. The van der Waals surface area contributed by atoms with Crippen LogP contribution in [-0.4, -0.2) is 26.5 Å². The van der Waals surface area contributed by atoms with Gasteiger partial charge >= 0.3 is 6.36 Å². The molecule has 1 aromatic carbocycles. The average molecular weight is 351 g/mol. The van der Waals surface area contributed by atoms with Gasteiger partial charge in [0, 0.05) is 18.5 Å². The maximum absolute atomic E-state index is 12.2. The van der Waals surface area contributed by atoms with Crippen LogP contribution in [0.25, 0.3) is 11.4 Å². The molecule has 130 valence electrons. The maximum atomic E-state index is 12.2. The third kappa shape index (κ3) is 3.33. The molecule has 1 atom stereocenters. The Balaban J connectivity index is 1.50. The van der Waals surface area contributed by atoms with Gasteiger partial charge in [0.1, 0.15) is 5.75 Å². The normalized spacial score (nSPS) is 17.3. The van der Waals surface area contributed by atoms with Gasteiger partial charge in [0.2, 0.25) is 11.7 Å². The van der Waals surface area contributed by atoms with E-state index in [4.69, 9.17) is 4.52 Å². The van der Waals surface area contributed by atoms with Crippen LogP contribution in [0, 0.1) is 0 Å². The third-order valence-electron chi connectivity index (χ3n) is 3.82. The van der Waals surface area contributed by atoms with Crippen molar-refractivity contribution < 1.29 is 22.4 Å². The molecule has 3 aromatic rings. The zero-order valence-electron chi connectivity index (χ0n) is 12.7. The summed E-state index contributed by atoms with van der Waals surface area (Å²) >= 11 is 0. The lowest BCUT2D eigenvalue weighted by molar-refractivity contribution is -0.274. The fraction of sp³-hybridized carbons (Fsp3) is 0.267. The molecule has 4 rings (SSSR count). The van der Waals surface area contributed by atoms with Crippen molar-refractivity contribution in [1.82, 2.24) is 25.4 Å². The van der Waals surface area contributed by atoms with E-state index in [1.165, 1.54) is 24.3 Å². The average Bonchev–Trinajstić information content (AvgIpc) is 3.22. The van der Waals surface area contributed by atoms with Crippen LogP contribution in [0.2, 0.25) is 0 Å². The number of imidazole rings is 1. The van der Waals surface area contributed by atoms with Crippen LogP contribution in [0.4, 0.5) is 13.2 Å². The second-order valence-corrected chi connectivity index (χ2v) is 5.49. The molecule has 7 nitrogen and oxygen atoms in total. The van der Waals surface area contributed by atoms with Gasteiger partial charge in [-0.2, -0.15) is 4.98 Å². The van der Waals surface area contributed by atoms with Gasteiger partial charge in [0.05, 0.1) is 23.8 Å². The van der Waals surface area contributed by atoms with E-state index >= 15 is 0 Å². The molecular weight excluding hydrogens is 339 g/mol. The second kappa shape index (κ2) is 5.88. The van der Waals surface area contributed by atoms with Gasteiger partial charge in [-0.3, -0.25) is 5.32 Å². The first kappa shape index (κ1) is 15.6. The molecule has 0 amide bonds. The van der Waals surface area contributed by atoms with Crippen molar-refractivity contribution in [2.45, 2.75) is 25.4 Å². The van der Waals surface area contributed by atoms with Crippen LogP contribution >= 0.6 is 0 Å². The van der Waals surface area contributed by atoms with E-state index < -0.39 is 6.36 Å². The number of hydrogen-bond donors (Lipinski definition) is 2. The largest absolute Gasteiger partial charge is 0.573 e. The number of nitrogens with one attached hydrogen (secondary N) is 2. The fourth-order valence-corrected chi connectivity index (χ4v) is 2.64. The van der Waals surface area contributed by atoms with E-state index in [0.29, 0.717) is 30.2 Å². The van der Waals surface area contributed by atoms with Gasteiger partial charge in [0.25, 0.3) is 0 Å². The molecule has 0 saturated heterocycles. The summed E-state index contributed by atoms with van der Waals surface area (Å²) < 4.78 is 45.7. The lowest BCUT2D eigenvalue weighted by Crippen LogP contribution is -2.28. The van der Waals surface area contributed by atoms with E-state index in [1.54, 1.807) is 6.33 Å². The highest BCUT2D eigenvalue weighted by Crippen LogP contribution is 2.27. The molecule has 0 fully saturated rings. The van der Waals surface area contributed by atoms with E-state index in [1.807, 2.05) is 0 Å². The first-order valence-corrected chi connectivity index (χ1v) is 7.42. The van der Waals surface area contributed by atoms with Gasteiger partial charge in [-0.15, -0.1) is 13.2 Å². The number of nitrogens with zero attached hydrogens (tertiary/aromatic N) is 3.